The van der Waals surface area contributed by atoms with E-state index in [4.69, 9.17) is 9.47 Å². The minimum absolute atomic E-state index is 0.359. The average molecular weight is 299 g/mol. The highest BCUT2D eigenvalue weighted by atomic mass is 79.9. The Balaban J connectivity index is 1.89. The third-order valence-electron chi connectivity index (χ3n) is 2.94. The van der Waals surface area contributed by atoms with Crippen molar-refractivity contribution in [3.63, 3.8) is 0 Å². The van der Waals surface area contributed by atoms with E-state index in [1.165, 1.54) is 18.4 Å². The van der Waals surface area contributed by atoms with E-state index < -0.39 is 0 Å². The smallest absolute Gasteiger partial charge is 0.189 e. The van der Waals surface area contributed by atoms with Gasteiger partial charge >= 0.3 is 0 Å². The first-order chi connectivity index (χ1) is 8.16. The van der Waals surface area contributed by atoms with E-state index in [9.17, 15) is 0 Å². The first kappa shape index (κ1) is 12.9. The van der Waals surface area contributed by atoms with Crippen molar-refractivity contribution in [1.29, 1.82) is 0 Å². The maximum Gasteiger partial charge on any atom is 0.189 e. The summed E-state index contributed by atoms with van der Waals surface area (Å²) in [6, 6.07) is 6.11. The Labute approximate surface area is 111 Å². The standard InChI is InChI=1S/C14H19BrO2/c1-10(2)13-7-12(15)5-6-14(13)17-9-16-8-11-3-4-11/h5-7,10-11H,3-4,8-9H2,1-2H3. The summed E-state index contributed by atoms with van der Waals surface area (Å²) >= 11 is 3.49. The van der Waals surface area contributed by atoms with Crippen LogP contribution in [0.3, 0.4) is 0 Å². The molecule has 1 aliphatic rings. The van der Waals surface area contributed by atoms with E-state index in [-0.39, 0.29) is 0 Å². The number of ether oxygens (including phenoxy) is 2. The molecule has 0 N–H and O–H groups in total. The molecule has 0 aliphatic heterocycles. The molecule has 0 aromatic heterocycles. The molecule has 17 heavy (non-hydrogen) atoms. The zero-order valence-electron chi connectivity index (χ0n) is 10.4. The monoisotopic (exact) mass is 298 g/mol. The van der Waals surface area contributed by atoms with Crippen LogP contribution in [0.4, 0.5) is 0 Å². The number of halogens is 1. The summed E-state index contributed by atoms with van der Waals surface area (Å²) in [6.45, 7) is 5.53. The van der Waals surface area contributed by atoms with Gasteiger partial charge < -0.3 is 9.47 Å². The summed E-state index contributed by atoms with van der Waals surface area (Å²) in [6.07, 6.45) is 2.63. The van der Waals surface area contributed by atoms with Crippen molar-refractivity contribution in [2.75, 3.05) is 13.4 Å². The number of benzene rings is 1. The average Bonchev–Trinajstić information content (AvgIpc) is 3.09. The van der Waals surface area contributed by atoms with Crippen LogP contribution in [0, 0.1) is 5.92 Å². The summed E-state index contributed by atoms with van der Waals surface area (Å²) in [5.41, 5.74) is 1.22. The molecule has 2 rings (SSSR count). The molecule has 0 saturated heterocycles. The predicted octanol–water partition coefficient (Wildman–Crippen LogP) is 4.34. The molecule has 1 aromatic rings. The molecular weight excluding hydrogens is 280 g/mol. The summed E-state index contributed by atoms with van der Waals surface area (Å²) in [4.78, 5) is 0. The molecule has 0 amide bonds. The van der Waals surface area contributed by atoms with Crippen molar-refractivity contribution in [3.8, 4) is 5.75 Å². The second-order valence-corrected chi connectivity index (χ2v) is 5.83. The van der Waals surface area contributed by atoms with E-state index >= 15 is 0 Å². The van der Waals surface area contributed by atoms with Gasteiger partial charge in [0, 0.05) is 4.47 Å². The summed E-state index contributed by atoms with van der Waals surface area (Å²) in [5, 5.41) is 0. The summed E-state index contributed by atoms with van der Waals surface area (Å²) < 4.78 is 12.3. The molecule has 1 saturated carbocycles. The van der Waals surface area contributed by atoms with Crippen molar-refractivity contribution < 1.29 is 9.47 Å². The molecule has 2 nitrogen and oxygen atoms in total. The van der Waals surface area contributed by atoms with Gasteiger partial charge in [-0.25, -0.2) is 0 Å². The number of rotatable bonds is 6. The molecule has 3 heteroatoms. The Bertz CT molecular complexity index is 372. The second-order valence-electron chi connectivity index (χ2n) is 4.91. The predicted molar refractivity (Wildman–Crippen MR) is 72.4 cm³/mol. The van der Waals surface area contributed by atoms with E-state index in [0.29, 0.717) is 12.7 Å². The highest BCUT2D eigenvalue weighted by Gasteiger charge is 2.21. The van der Waals surface area contributed by atoms with Crippen LogP contribution in [0.1, 0.15) is 38.2 Å². The molecule has 0 unspecified atom stereocenters. The lowest BCUT2D eigenvalue weighted by atomic mass is 10.0. The maximum absolute atomic E-state index is 5.69. The Morgan fingerprint density at radius 1 is 1.35 bits per heavy atom. The van der Waals surface area contributed by atoms with Crippen LogP contribution in [0.15, 0.2) is 22.7 Å². The largest absolute Gasteiger partial charge is 0.467 e. The van der Waals surface area contributed by atoms with Crippen LogP contribution < -0.4 is 4.74 Å². The van der Waals surface area contributed by atoms with Gasteiger partial charge in [0.2, 0.25) is 0 Å². The molecule has 1 fully saturated rings. The highest BCUT2D eigenvalue weighted by Crippen LogP contribution is 2.30. The van der Waals surface area contributed by atoms with Crippen molar-refractivity contribution in [2.24, 2.45) is 5.92 Å². The normalized spacial score (nSPS) is 15.3. The lowest BCUT2D eigenvalue weighted by Gasteiger charge is -2.14. The Hall–Kier alpha value is -0.540. The van der Waals surface area contributed by atoms with E-state index in [1.807, 2.05) is 12.1 Å². The zero-order valence-corrected chi connectivity index (χ0v) is 12.0. The topological polar surface area (TPSA) is 18.5 Å². The van der Waals surface area contributed by atoms with Gasteiger partial charge in [0.05, 0.1) is 6.61 Å². The van der Waals surface area contributed by atoms with Crippen LogP contribution in [-0.2, 0) is 4.74 Å². The van der Waals surface area contributed by atoms with Gasteiger partial charge in [0.25, 0.3) is 0 Å². The van der Waals surface area contributed by atoms with Crippen LogP contribution in [0.2, 0.25) is 0 Å². The lowest BCUT2D eigenvalue weighted by Crippen LogP contribution is -2.07. The molecule has 1 aliphatic carbocycles. The minimum Gasteiger partial charge on any atom is -0.467 e. The fraction of sp³-hybridized carbons (Fsp3) is 0.571. The molecule has 0 radical (unpaired) electrons. The third-order valence-corrected chi connectivity index (χ3v) is 3.44. The first-order valence-corrected chi connectivity index (χ1v) is 6.96. The Morgan fingerprint density at radius 2 is 2.12 bits per heavy atom. The second kappa shape index (κ2) is 5.87. The van der Waals surface area contributed by atoms with Crippen LogP contribution in [0.25, 0.3) is 0 Å². The SMILES string of the molecule is CC(C)c1cc(Br)ccc1OCOCC1CC1. The number of hydrogen-bond acceptors (Lipinski definition) is 2. The quantitative estimate of drug-likeness (QED) is 0.575. The van der Waals surface area contributed by atoms with Gasteiger partial charge in [-0.2, -0.15) is 0 Å². The Morgan fingerprint density at radius 3 is 2.76 bits per heavy atom. The van der Waals surface area contributed by atoms with E-state index in [0.717, 1.165) is 22.7 Å². The van der Waals surface area contributed by atoms with Gasteiger partial charge in [-0.3, -0.25) is 0 Å². The van der Waals surface area contributed by atoms with Crippen molar-refractivity contribution in [2.45, 2.75) is 32.6 Å². The van der Waals surface area contributed by atoms with E-state index in [1.54, 1.807) is 0 Å². The molecule has 94 valence electrons. The van der Waals surface area contributed by atoms with Gasteiger partial charge in [-0.05, 0) is 48.4 Å². The zero-order chi connectivity index (χ0) is 12.3. The van der Waals surface area contributed by atoms with Gasteiger partial charge in [-0.15, -0.1) is 0 Å². The Kier molecular flexibility index (Phi) is 4.46. The summed E-state index contributed by atoms with van der Waals surface area (Å²) in [5.74, 6) is 2.16. The first-order valence-electron chi connectivity index (χ1n) is 6.17. The van der Waals surface area contributed by atoms with Crippen LogP contribution in [-0.4, -0.2) is 13.4 Å². The van der Waals surface area contributed by atoms with Gasteiger partial charge in [-0.1, -0.05) is 29.8 Å². The van der Waals surface area contributed by atoms with Crippen molar-refractivity contribution in [1.82, 2.24) is 0 Å². The highest BCUT2D eigenvalue weighted by molar-refractivity contribution is 9.10. The van der Waals surface area contributed by atoms with Crippen molar-refractivity contribution >= 4 is 15.9 Å². The molecular formula is C14H19BrO2. The molecule has 0 heterocycles. The van der Waals surface area contributed by atoms with Gasteiger partial charge in [0.1, 0.15) is 5.75 Å². The number of hydrogen-bond donors (Lipinski definition) is 0. The van der Waals surface area contributed by atoms with E-state index in [2.05, 4.69) is 35.8 Å². The van der Waals surface area contributed by atoms with Crippen molar-refractivity contribution in [3.05, 3.63) is 28.2 Å². The molecule has 1 aromatic carbocycles. The lowest BCUT2D eigenvalue weighted by molar-refractivity contribution is 0.00935. The minimum atomic E-state index is 0.359. The van der Waals surface area contributed by atoms with Gasteiger partial charge in [0.15, 0.2) is 6.79 Å². The fourth-order valence-electron chi connectivity index (χ4n) is 1.71. The fourth-order valence-corrected chi connectivity index (χ4v) is 2.09. The maximum atomic E-state index is 5.69. The molecule has 0 atom stereocenters. The molecule has 0 spiro atoms. The van der Waals surface area contributed by atoms with Crippen LogP contribution >= 0.6 is 15.9 Å². The summed E-state index contributed by atoms with van der Waals surface area (Å²) in [7, 11) is 0. The third kappa shape index (κ3) is 4.00. The molecule has 0 bridgehead atoms. The van der Waals surface area contributed by atoms with Crippen LogP contribution in [0.5, 0.6) is 5.75 Å².